The highest BCUT2D eigenvalue weighted by molar-refractivity contribution is 5.92. The molecule has 0 spiro atoms. The summed E-state index contributed by atoms with van der Waals surface area (Å²) in [6.45, 7) is 3.53. The fourth-order valence-corrected chi connectivity index (χ4v) is 1.60. The Labute approximate surface area is 124 Å². The van der Waals surface area contributed by atoms with E-state index in [1.807, 2.05) is 13.8 Å². The molecule has 1 N–H and O–H groups in total. The Morgan fingerprint density at radius 3 is 2.43 bits per heavy atom. The zero-order chi connectivity index (χ0) is 15.8. The van der Waals surface area contributed by atoms with Gasteiger partial charge in [0.25, 0.3) is 5.91 Å². The highest BCUT2D eigenvalue weighted by atomic mass is 16.5. The largest absolute Gasteiger partial charge is 0.493 e. The van der Waals surface area contributed by atoms with E-state index in [9.17, 15) is 9.59 Å². The molecule has 21 heavy (non-hydrogen) atoms. The molecular formula is C15H21NO5. The number of rotatable bonds is 7. The van der Waals surface area contributed by atoms with E-state index in [4.69, 9.17) is 14.2 Å². The van der Waals surface area contributed by atoms with Gasteiger partial charge in [0, 0.05) is 6.04 Å². The van der Waals surface area contributed by atoms with Crippen LogP contribution in [0, 0.1) is 0 Å². The maximum Gasteiger partial charge on any atom is 0.338 e. The predicted molar refractivity (Wildman–Crippen MR) is 77.7 cm³/mol. The van der Waals surface area contributed by atoms with E-state index < -0.39 is 5.97 Å². The Balaban J connectivity index is 2.62. The van der Waals surface area contributed by atoms with Crippen LogP contribution in [0.15, 0.2) is 18.2 Å². The lowest BCUT2D eigenvalue weighted by Crippen LogP contribution is -2.35. The van der Waals surface area contributed by atoms with Crippen LogP contribution in [0.3, 0.4) is 0 Å². The fourth-order valence-electron chi connectivity index (χ4n) is 1.60. The SMILES string of the molecule is CC[C@@H](C)NC(=O)COC(=O)c1ccc(OC)c(OC)c1. The van der Waals surface area contributed by atoms with Gasteiger partial charge in [0.2, 0.25) is 0 Å². The summed E-state index contributed by atoms with van der Waals surface area (Å²) in [6.07, 6.45) is 0.815. The summed E-state index contributed by atoms with van der Waals surface area (Å²) in [7, 11) is 2.99. The third kappa shape index (κ3) is 4.98. The molecule has 0 saturated carbocycles. The zero-order valence-corrected chi connectivity index (χ0v) is 12.8. The molecule has 0 aliphatic carbocycles. The molecule has 0 aromatic heterocycles. The molecule has 0 fully saturated rings. The van der Waals surface area contributed by atoms with Crippen molar-refractivity contribution in [3.05, 3.63) is 23.8 Å². The number of carbonyl (C=O) groups excluding carboxylic acids is 2. The number of nitrogens with one attached hydrogen (secondary N) is 1. The maximum absolute atomic E-state index is 11.9. The third-order valence-corrected chi connectivity index (χ3v) is 2.97. The van der Waals surface area contributed by atoms with Gasteiger partial charge in [-0.05, 0) is 31.5 Å². The number of ether oxygens (including phenoxy) is 3. The summed E-state index contributed by atoms with van der Waals surface area (Å²) in [5.74, 6) is 0.0352. The Bertz CT molecular complexity index is 501. The summed E-state index contributed by atoms with van der Waals surface area (Å²) in [5.41, 5.74) is 0.295. The van der Waals surface area contributed by atoms with Gasteiger partial charge in [-0.25, -0.2) is 4.79 Å². The van der Waals surface area contributed by atoms with Gasteiger partial charge in [-0.2, -0.15) is 0 Å². The molecule has 0 aliphatic rings. The van der Waals surface area contributed by atoms with Crippen LogP contribution >= 0.6 is 0 Å². The van der Waals surface area contributed by atoms with E-state index in [2.05, 4.69) is 5.32 Å². The van der Waals surface area contributed by atoms with Gasteiger partial charge < -0.3 is 19.5 Å². The van der Waals surface area contributed by atoms with Gasteiger partial charge in [0.15, 0.2) is 18.1 Å². The lowest BCUT2D eigenvalue weighted by atomic mass is 10.2. The molecule has 0 heterocycles. The standard InChI is InChI=1S/C15H21NO5/c1-5-10(2)16-14(17)9-21-15(18)11-6-7-12(19-3)13(8-11)20-4/h6-8,10H,5,9H2,1-4H3,(H,16,17)/t10-/m1/s1. The maximum atomic E-state index is 11.9. The Morgan fingerprint density at radius 1 is 1.19 bits per heavy atom. The number of methoxy groups -OCH3 is 2. The normalized spacial score (nSPS) is 11.4. The summed E-state index contributed by atoms with van der Waals surface area (Å²) >= 11 is 0. The molecule has 0 bridgehead atoms. The highest BCUT2D eigenvalue weighted by Gasteiger charge is 2.14. The van der Waals surface area contributed by atoms with Crippen LogP contribution in [-0.2, 0) is 9.53 Å². The van der Waals surface area contributed by atoms with Gasteiger partial charge >= 0.3 is 5.97 Å². The van der Waals surface area contributed by atoms with E-state index in [1.165, 1.54) is 20.3 Å². The van der Waals surface area contributed by atoms with E-state index in [1.54, 1.807) is 12.1 Å². The van der Waals surface area contributed by atoms with Gasteiger partial charge in [-0.15, -0.1) is 0 Å². The minimum Gasteiger partial charge on any atom is -0.493 e. The minimum absolute atomic E-state index is 0.0530. The average Bonchev–Trinajstić information content (AvgIpc) is 2.51. The second-order valence-electron chi connectivity index (χ2n) is 4.52. The molecule has 1 amide bonds. The first-order valence-corrected chi connectivity index (χ1v) is 6.70. The molecule has 6 heteroatoms. The fraction of sp³-hybridized carbons (Fsp3) is 0.467. The Kier molecular flexibility index (Phi) is 6.52. The van der Waals surface area contributed by atoms with Crippen LogP contribution in [-0.4, -0.2) is 38.7 Å². The molecule has 116 valence electrons. The van der Waals surface area contributed by atoms with E-state index >= 15 is 0 Å². The molecule has 1 aromatic rings. The van der Waals surface area contributed by atoms with Crippen molar-refractivity contribution >= 4 is 11.9 Å². The quantitative estimate of drug-likeness (QED) is 0.776. The van der Waals surface area contributed by atoms with Gasteiger partial charge in [0.05, 0.1) is 19.8 Å². The van der Waals surface area contributed by atoms with Gasteiger partial charge in [-0.3, -0.25) is 4.79 Å². The molecule has 6 nitrogen and oxygen atoms in total. The van der Waals surface area contributed by atoms with Crippen molar-refractivity contribution in [2.24, 2.45) is 0 Å². The predicted octanol–water partition coefficient (Wildman–Crippen LogP) is 1.78. The smallest absolute Gasteiger partial charge is 0.338 e. The first kappa shape index (κ1) is 16.8. The first-order chi connectivity index (χ1) is 10.0. The van der Waals surface area contributed by atoms with Crippen molar-refractivity contribution in [1.82, 2.24) is 5.32 Å². The molecule has 0 radical (unpaired) electrons. The summed E-state index contributed by atoms with van der Waals surface area (Å²) in [5, 5.41) is 2.72. The van der Waals surface area contributed by atoms with Crippen LogP contribution in [0.1, 0.15) is 30.6 Å². The van der Waals surface area contributed by atoms with Crippen molar-refractivity contribution in [2.75, 3.05) is 20.8 Å². The van der Waals surface area contributed by atoms with Crippen LogP contribution in [0.2, 0.25) is 0 Å². The zero-order valence-electron chi connectivity index (χ0n) is 12.8. The lowest BCUT2D eigenvalue weighted by Gasteiger charge is -2.12. The highest BCUT2D eigenvalue weighted by Crippen LogP contribution is 2.27. The second kappa shape index (κ2) is 8.14. The number of amides is 1. The summed E-state index contributed by atoms with van der Waals surface area (Å²) < 4.78 is 15.2. The molecule has 1 atom stereocenters. The van der Waals surface area contributed by atoms with Crippen LogP contribution in [0.5, 0.6) is 11.5 Å². The van der Waals surface area contributed by atoms with Crippen molar-refractivity contribution in [3.8, 4) is 11.5 Å². The molecular weight excluding hydrogens is 274 g/mol. The molecule has 1 rings (SSSR count). The summed E-state index contributed by atoms with van der Waals surface area (Å²) in [4.78, 5) is 23.4. The van der Waals surface area contributed by atoms with Crippen LogP contribution < -0.4 is 14.8 Å². The molecule has 1 aromatic carbocycles. The number of esters is 1. The topological polar surface area (TPSA) is 73.9 Å². The van der Waals surface area contributed by atoms with E-state index in [-0.39, 0.29) is 18.6 Å². The Hall–Kier alpha value is -2.24. The van der Waals surface area contributed by atoms with Gasteiger partial charge in [0.1, 0.15) is 0 Å². The monoisotopic (exact) mass is 295 g/mol. The molecule has 0 saturated heterocycles. The van der Waals surface area contributed by atoms with Crippen molar-refractivity contribution < 1.29 is 23.8 Å². The first-order valence-electron chi connectivity index (χ1n) is 6.70. The summed E-state index contributed by atoms with van der Waals surface area (Å²) in [6, 6.07) is 4.72. The van der Waals surface area contributed by atoms with Crippen LogP contribution in [0.25, 0.3) is 0 Å². The number of hydrogen-bond donors (Lipinski definition) is 1. The van der Waals surface area contributed by atoms with Crippen molar-refractivity contribution in [1.29, 1.82) is 0 Å². The number of benzene rings is 1. The van der Waals surface area contributed by atoms with Crippen molar-refractivity contribution in [2.45, 2.75) is 26.3 Å². The van der Waals surface area contributed by atoms with Crippen LogP contribution in [0.4, 0.5) is 0 Å². The second-order valence-corrected chi connectivity index (χ2v) is 4.52. The minimum atomic E-state index is -0.588. The number of hydrogen-bond acceptors (Lipinski definition) is 5. The van der Waals surface area contributed by atoms with Crippen molar-refractivity contribution in [3.63, 3.8) is 0 Å². The van der Waals surface area contributed by atoms with E-state index in [0.717, 1.165) is 6.42 Å². The Morgan fingerprint density at radius 2 is 1.86 bits per heavy atom. The third-order valence-electron chi connectivity index (χ3n) is 2.97. The molecule has 0 aliphatic heterocycles. The van der Waals surface area contributed by atoms with Gasteiger partial charge in [-0.1, -0.05) is 6.92 Å². The lowest BCUT2D eigenvalue weighted by molar-refractivity contribution is -0.124. The number of carbonyl (C=O) groups is 2. The molecule has 0 unspecified atom stereocenters. The van der Waals surface area contributed by atoms with E-state index in [0.29, 0.717) is 17.1 Å². The average molecular weight is 295 g/mol.